The van der Waals surface area contributed by atoms with Crippen LogP contribution in [-0.4, -0.2) is 34.3 Å². The molecule has 0 aliphatic rings. The van der Waals surface area contributed by atoms with E-state index < -0.39 is 0 Å². The van der Waals surface area contributed by atoms with E-state index in [0.29, 0.717) is 6.54 Å². The molecule has 128 valence electrons. The van der Waals surface area contributed by atoms with Crippen molar-refractivity contribution in [3.8, 4) is 0 Å². The molecule has 0 amide bonds. The van der Waals surface area contributed by atoms with Crippen molar-refractivity contribution in [1.82, 2.24) is 25.4 Å². The zero-order valence-electron chi connectivity index (χ0n) is 14.5. The third kappa shape index (κ3) is 7.95. The first-order valence-corrected chi connectivity index (χ1v) is 7.76. The van der Waals surface area contributed by atoms with Crippen molar-refractivity contribution >= 4 is 29.9 Å². The Labute approximate surface area is 151 Å². The number of aliphatic imine (C=N–C) groups is 1. The van der Waals surface area contributed by atoms with Gasteiger partial charge in [-0.1, -0.05) is 40.0 Å². The number of hydrogen-bond donors (Lipinski definition) is 2. The molecule has 0 atom stereocenters. The number of aromatic nitrogens is 3. The molecule has 0 saturated heterocycles. The van der Waals surface area contributed by atoms with Crippen LogP contribution in [0.3, 0.4) is 0 Å². The zero-order chi connectivity index (χ0) is 15.7. The second-order valence-electron chi connectivity index (χ2n) is 6.20. The molecule has 0 aromatic carbocycles. The molecule has 1 aromatic rings. The van der Waals surface area contributed by atoms with Crippen LogP contribution in [0.2, 0.25) is 0 Å². The summed E-state index contributed by atoms with van der Waals surface area (Å²) < 4.78 is 1.76. The maximum Gasteiger partial charge on any atom is 0.191 e. The molecule has 0 spiro atoms. The Bertz CT molecular complexity index is 441. The first-order chi connectivity index (χ1) is 9.98. The lowest BCUT2D eigenvalue weighted by molar-refractivity contribution is 0.318. The average Bonchev–Trinajstić information content (AvgIpc) is 2.85. The summed E-state index contributed by atoms with van der Waals surface area (Å²) in [7, 11) is 3.67. The van der Waals surface area contributed by atoms with Crippen LogP contribution in [0.1, 0.15) is 52.3 Å². The Kier molecular flexibility index (Phi) is 10.4. The Balaban J connectivity index is 0.00000441. The molecule has 0 aliphatic carbocycles. The quantitative estimate of drug-likeness (QED) is 0.293. The number of hydrogen-bond acceptors (Lipinski definition) is 3. The number of aryl methyl sites for hydroxylation is 1. The van der Waals surface area contributed by atoms with Gasteiger partial charge >= 0.3 is 0 Å². The molecule has 0 aliphatic heterocycles. The molecule has 0 saturated carbocycles. The van der Waals surface area contributed by atoms with Crippen LogP contribution in [0.25, 0.3) is 0 Å². The van der Waals surface area contributed by atoms with Gasteiger partial charge in [-0.3, -0.25) is 9.67 Å². The van der Waals surface area contributed by atoms with E-state index in [1.807, 2.05) is 7.05 Å². The minimum absolute atomic E-state index is 0. The Morgan fingerprint density at radius 2 is 2.05 bits per heavy atom. The lowest BCUT2D eigenvalue weighted by atomic mass is 9.87. The Morgan fingerprint density at radius 1 is 1.32 bits per heavy atom. The smallest absolute Gasteiger partial charge is 0.191 e. The molecule has 0 unspecified atom stereocenters. The maximum atomic E-state index is 4.25. The predicted molar refractivity (Wildman–Crippen MR) is 103 cm³/mol. The normalized spacial score (nSPS) is 12.0. The average molecular weight is 422 g/mol. The van der Waals surface area contributed by atoms with E-state index in [1.54, 1.807) is 18.1 Å². The van der Waals surface area contributed by atoms with Crippen molar-refractivity contribution in [2.24, 2.45) is 17.5 Å². The van der Waals surface area contributed by atoms with E-state index in [9.17, 15) is 0 Å². The van der Waals surface area contributed by atoms with Gasteiger partial charge in [0.05, 0.1) is 6.54 Å². The lowest BCUT2D eigenvalue weighted by Gasteiger charge is -2.26. The third-order valence-corrected chi connectivity index (χ3v) is 3.63. The Morgan fingerprint density at radius 3 is 2.59 bits per heavy atom. The van der Waals surface area contributed by atoms with Gasteiger partial charge < -0.3 is 10.6 Å². The maximum absolute atomic E-state index is 4.25. The van der Waals surface area contributed by atoms with E-state index in [1.165, 1.54) is 25.7 Å². The molecule has 2 N–H and O–H groups in total. The highest BCUT2D eigenvalue weighted by molar-refractivity contribution is 14.0. The van der Waals surface area contributed by atoms with Gasteiger partial charge in [0.15, 0.2) is 5.96 Å². The van der Waals surface area contributed by atoms with Gasteiger partial charge in [0.1, 0.15) is 12.2 Å². The Hall–Kier alpha value is -0.860. The topological polar surface area (TPSA) is 67.1 Å². The van der Waals surface area contributed by atoms with Crippen LogP contribution < -0.4 is 10.6 Å². The standard InChI is InChI=1S/C15H30N6.HI/c1-6-7-8-9-15(2,3)11-18-14(16-4)17-10-13-19-12-20-21(13)5;/h12H,6-11H2,1-5H3,(H2,16,17,18);1H. The zero-order valence-corrected chi connectivity index (χ0v) is 16.8. The summed E-state index contributed by atoms with van der Waals surface area (Å²) in [4.78, 5) is 8.44. The first-order valence-electron chi connectivity index (χ1n) is 7.76. The van der Waals surface area contributed by atoms with Gasteiger partial charge in [-0.2, -0.15) is 5.10 Å². The highest BCUT2D eigenvalue weighted by atomic mass is 127. The number of unbranched alkanes of at least 4 members (excludes halogenated alkanes) is 2. The predicted octanol–water partition coefficient (Wildman–Crippen LogP) is 2.70. The molecule has 1 aromatic heterocycles. The second kappa shape index (κ2) is 10.8. The summed E-state index contributed by atoms with van der Waals surface area (Å²) in [6.45, 7) is 8.36. The number of nitrogens with zero attached hydrogens (tertiary/aromatic N) is 4. The van der Waals surface area contributed by atoms with Crippen molar-refractivity contribution in [3.05, 3.63) is 12.2 Å². The van der Waals surface area contributed by atoms with Crippen LogP contribution in [0.5, 0.6) is 0 Å². The van der Waals surface area contributed by atoms with E-state index in [0.717, 1.165) is 18.3 Å². The van der Waals surface area contributed by atoms with Gasteiger partial charge in [0, 0.05) is 20.6 Å². The lowest BCUT2D eigenvalue weighted by Crippen LogP contribution is -2.42. The SMILES string of the molecule is CCCCCC(C)(C)CNC(=NC)NCc1ncnn1C.I. The molecule has 1 heterocycles. The van der Waals surface area contributed by atoms with Gasteiger partial charge in [0.2, 0.25) is 0 Å². The molecule has 22 heavy (non-hydrogen) atoms. The summed E-state index contributed by atoms with van der Waals surface area (Å²) in [5.41, 5.74) is 0.275. The summed E-state index contributed by atoms with van der Waals surface area (Å²) in [6, 6.07) is 0. The second-order valence-corrected chi connectivity index (χ2v) is 6.20. The van der Waals surface area contributed by atoms with Gasteiger partial charge in [-0.15, -0.1) is 24.0 Å². The molecule has 1 rings (SSSR count). The molecule has 0 bridgehead atoms. The fourth-order valence-corrected chi connectivity index (χ4v) is 2.13. The minimum Gasteiger partial charge on any atom is -0.356 e. The van der Waals surface area contributed by atoms with Crippen molar-refractivity contribution in [2.45, 2.75) is 53.0 Å². The molecule has 7 heteroatoms. The molecular formula is C15H31IN6. The fourth-order valence-electron chi connectivity index (χ4n) is 2.13. The number of nitrogens with one attached hydrogen (secondary N) is 2. The van der Waals surface area contributed by atoms with Crippen LogP contribution in [0.4, 0.5) is 0 Å². The summed E-state index contributed by atoms with van der Waals surface area (Å²) in [5, 5.41) is 10.7. The highest BCUT2D eigenvalue weighted by Gasteiger charge is 2.17. The van der Waals surface area contributed by atoms with E-state index in [2.05, 4.69) is 46.5 Å². The van der Waals surface area contributed by atoms with Gasteiger partial charge in [0.25, 0.3) is 0 Å². The highest BCUT2D eigenvalue weighted by Crippen LogP contribution is 2.22. The summed E-state index contributed by atoms with van der Waals surface area (Å²) in [5.74, 6) is 1.70. The van der Waals surface area contributed by atoms with Crippen molar-refractivity contribution in [3.63, 3.8) is 0 Å². The monoisotopic (exact) mass is 422 g/mol. The molecular weight excluding hydrogens is 391 g/mol. The van der Waals surface area contributed by atoms with Crippen LogP contribution >= 0.6 is 24.0 Å². The summed E-state index contributed by atoms with van der Waals surface area (Å²) >= 11 is 0. The van der Waals surface area contributed by atoms with Gasteiger partial charge in [-0.25, -0.2) is 4.98 Å². The van der Waals surface area contributed by atoms with Crippen LogP contribution in [0.15, 0.2) is 11.3 Å². The van der Waals surface area contributed by atoms with Crippen LogP contribution in [-0.2, 0) is 13.6 Å². The molecule has 0 fully saturated rings. The summed E-state index contributed by atoms with van der Waals surface area (Å²) in [6.07, 6.45) is 6.65. The molecule has 0 radical (unpaired) electrons. The van der Waals surface area contributed by atoms with Crippen molar-refractivity contribution in [1.29, 1.82) is 0 Å². The third-order valence-electron chi connectivity index (χ3n) is 3.63. The first kappa shape index (κ1) is 21.1. The van der Waals surface area contributed by atoms with E-state index in [4.69, 9.17) is 0 Å². The fraction of sp³-hybridized carbons (Fsp3) is 0.800. The molecule has 6 nitrogen and oxygen atoms in total. The number of halogens is 1. The van der Waals surface area contributed by atoms with Crippen molar-refractivity contribution < 1.29 is 0 Å². The van der Waals surface area contributed by atoms with Gasteiger partial charge in [-0.05, 0) is 11.8 Å². The number of guanidine groups is 1. The minimum atomic E-state index is 0. The van der Waals surface area contributed by atoms with E-state index >= 15 is 0 Å². The van der Waals surface area contributed by atoms with Crippen LogP contribution in [0, 0.1) is 5.41 Å². The largest absolute Gasteiger partial charge is 0.356 e. The number of rotatable bonds is 8. The van der Waals surface area contributed by atoms with E-state index in [-0.39, 0.29) is 29.4 Å². The van der Waals surface area contributed by atoms with Crippen molar-refractivity contribution in [2.75, 3.05) is 13.6 Å².